The van der Waals surface area contributed by atoms with Crippen molar-refractivity contribution in [2.24, 2.45) is 0 Å². The molecule has 0 aliphatic carbocycles. The number of carbonyl (C=O) groups excluding carboxylic acids is 1. The summed E-state index contributed by atoms with van der Waals surface area (Å²) in [5, 5.41) is 11.5. The molecule has 2 unspecified atom stereocenters. The van der Waals surface area contributed by atoms with Crippen LogP contribution in [0.25, 0.3) is 0 Å². The standard InChI is InChI=1S/C13H24N2O3/c1-10(7-8-12(16)17)14-13(18)15-9-5-3-4-6-11(15)2/h10-11H,3-9H2,1-2H3,(H,14,18)(H,16,17). The first-order chi connectivity index (χ1) is 8.50. The molecule has 0 saturated carbocycles. The van der Waals surface area contributed by atoms with E-state index in [1.807, 2.05) is 11.8 Å². The second-order valence-corrected chi connectivity index (χ2v) is 5.17. The third-order valence-electron chi connectivity index (χ3n) is 3.47. The molecule has 0 spiro atoms. The van der Waals surface area contributed by atoms with Gasteiger partial charge < -0.3 is 15.3 Å². The number of aliphatic carboxylic acids is 1. The van der Waals surface area contributed by atoms with Crippen molar-refractivity contribution in [1.29, 1.82) is 0 Å². The van der Waals surface area contributed by atoms with Crippen LogP contribution < -0.4 is 5.32 Å². The molecule has 1 aliphatic heterocycles. The van der Waals surface area contributed by atoms with E-state index in [-0.39, 0.29) is 24.5 Å². The monoisotopic (exact) mass is 256 g/mol. The fraction of sp³-hybridized carbons (Fsp3) is 0.846. The Balaban J connectivity index is 2.40. The molecular weight excluding hydrogens is 232 g/mol. The van der Waals surface area contributed by atoms with Gasteiger partial charge in [-0.25, -0.2) is 4.79 Å². The zero-order valence-electron chi connectivity index (χ0n) is 11.3. The van der Waals surface area contributed by atoms with Crippen molar-refractivity contribution in [1.82, 2.24) is 10.2 Å². The second kappa shape index (κ2) is 7.24. The third-order valence-corrected chi connectivity index (χ3v) is 3.47. The number of nitrogens with one attached hydrogen (secondary N) is 1. The topological polar surface area (TPSA) is 69.6 Å². The molecule has 1 aliphatic rings. The summed E-state index contributed by atoms with van der Waals surface area (Å²) in [6.45, 7) is 4.73. The average Bonchev–Trinajstić information content (AvgIpc) is 2.51. The Kier molecular flexibility index (Phi) is 5.95. The van der Waals surface area contributed by atoms with Crippen LogP contribution in [-0.2, 0) is 4.79 Å². The summed E-state index contributed by atoms with van der Waals surface area (Å²) in [4.78, 5) is 24.4. The summed E-state index contributed by atoms with van der Waals surface area (Å²) in [5.74, 6) is -0.820. The first-order valence-corrected chi connectivity index (χ1v) is 6.79. The molecule has 1 rings (SSSR count). The molecule has 1 saturated heterocycles. The van der Waals surface area contributed by atoms with Gasteiger partial charge in [-0.15, -0.1) is 0 Å². The molecule has 0 aromatic carbocycles. The largest absolute Gasteiger partial charge is 0.481 e. The Morgan fingerprint density at radius 3 is 2.78 bits per heavy atom. The van der Waals surface area contributed by atoms with Crippen LogP contribution in [0.3, 0.4) is 0 Å². The molecule has 0 aromatic heterocycles. The number of carbonyl (C=O) groups is 2. The van der Waals surface area contributed by atoms with Crippen LogP contribution in [0, 0.1) is 0 Å². The van der Waals surface area contributed by atoms with Crippen molar-refractivity contribution < 1.29 is 14.7 Å². The number of nitrogens with zero attached hydrogens (tertiary/aromatic N) is 1. The molecule has 1 fully saturated rings. The predicted molar refractivity (Wildman–Crippen MR) is 69.5 cm³/mol. The SMILES string of the molecule is CC(CCC(=O)O)NC(=O)N1CCCCCC1C. The molecule has 104 valence electrons. The van der Waals surface area contributed by atoms with E-state index < -0.39 is 5.97 Å². The van der Waals surface area contributed by atoms with Gasteiger partial charge in [0.2, 0.25) is 0 Å². The van der Waals surface area contributed by atoms with E-state index in [1.165, 1.54) is 12.8 Å². The number of urea groups is 1. The van der Waals surface area contributed by atoms with Crippen molar-refractivity contribution in [2.75, 3.05) is 6.54 Å². The van der Waals surface area contributed by atoms with Crippen LogP contribution in [0.1, 0.15) is 52.4 Å². The van der Waals surface area contributed by atoms with E-state index in [0.29, 0.717) is 6.42 Å². The smallest absolute Gasteiger partial charge is 0.317 e. The molecule has 2 atom stereocenters. The molecule has 0 aromatic rings. The number of likely N-dealkylation sites (tertiary alicyclic amines) is 1. The predicted octanol–water partition coefficient (Wildman–Crippen LogP) is 2.21. The van der Waals surface area contributed by atoms with E-state index in [9.17, 15) is 9.59 Å². The molecule has 18 heavy (non-hydrogen) atoms. The highest BCUT2D eigenvalue weighted by molar-refractivity contribution is 5.75. The Labute approximate surface area is 109 Å². The number of amides is 2. The van der Waals surface area contributed by atoms with E-state index in [4.69, 9.17) is 5.11 Å². The molecule has 2 N–H and O–H groups in total. The van der Waals surface area contributed by atoms with Gasteiger partial charge in [-0.1, -0.05) is 12.8 Å². The van der Waals surface area contributed by atoms with Crippen molar-refractivity contribution in [3.05, 3.63) is 0 Å². The molecule has 1 heterocycles. The molecule has 5 heteroatoms. The number of rotatable bonds is 4. The van der Waals surface area contributed by atoms with Gasteiger partial charge >= 0.3 is 12.0 Å². The van der Waals surface area contributed by atoms with Gasteiger partial charge in [-0.05, 0) is 33.1 Å². The minimum Gasteiger partial charge on any atom is -0.481 e. The van der Waals surface area contributed by atoms with Crippen LogP contribution in [0.2, 0.25) is 0 Å². The molecule has 5 nitrogen and oxygen atoms in total. The highest BCUT2D eigenvalue weighted by Gasteiger charge is 2.22. The molecule has 2 amide bonds. The molecule has 0 bridgehead atoms. The van der Waals surface area contributed by atoms with Gasteiger partial charge in [0.05, 0.1) is 0 Å². The summed E-state index contributed by atoms with van der Waals surface area (Å²) in [6.07, 6.45) is 5.04. The lowest BCUT2D eigenvalue weighted by Gasteiger charge is -2.28. The van der Waals surface area contributed by atoms with Crippen molar-refractivity contribution in [3.63, 3.8) is 0 Å². The Morgan fingerprint density at radius 1 is 1.39 bits per heavy atom. The summed E-state index contributed by atoms with van der Waals surface area (Å²) in [7, 11) is 0. The van der Waals surface area contributed by atoms with Crippen LogP contribution in [0.15, 0.2) is 0 Å². The number of hydrogen-bond acceptors (Lipinski definition) is 2. The number of carboxylic acids is 1. The van der Waals surface area contributed by atoms with Crippen molar-refractivity contribution >= 4 is 12.0 Å². The van der Waals surface area contributed by atoms with Gasteiger partial charge in [0.1, 0.15) is 0 Å². The summed E-state index contributed by atoms with van der Waals surface area (Å²) < 4.78 is 0. The minimum absolute atomic E-state index is 0.0534. The quantitative estimate of drug-likeness (QED) is 0.810. The van der Waals surface area contributed by atoms with E-state index in [1.54, 1.807) is 0 Å². The summed E-state index contributed by atoms with van der Waals surface area (Å²) in [5.41, 5.74) is 0. The molecule has 0 radical (unpaired) electrons. The Morgan fingerprint density at radius 2 is 2.11 bits per heavy atom. The maximum Gasteiger partial charge on any atom is 0.317 e. The first-order valence-electron chi connectivity index (χ1n) is 6.79. The Bertz CT molecular complexity index is 294. The normalized spacial score (nSPS) is 22.1. The summed E-state index contributed by atoms with van der Waals surface area (Å²) >= 11 is 0. The number of hydrogen-bond donors (Lipinski definition) is 2. The molecular formula is C13H24N2O3. The lowest BCUT2D eigenvalue weighted by molar-refractivity contribution is -0.137. The number of carboxylic acid groups (broad SMARTS) is 1. The second-order valence-electron chi connectivity index (χ2n) is 5.17. The Hall–Kier alpha value is -1.26. The van der Waals surface area contributed by atoms with E-state index in [0.717, 1.165) is 19.4 Å². The van der Waals surface area contributed by atoms with Gasteiger partial charge in [-0.3, -0.25) is 4.79 Å². The first kappa shape index (κ1) is 14.8. The lowest BCUT2D eigenvalue weighted by Crippen LogP contribution is -2.47. The fourth-order valence-corrected chi connectivity index (χ4v) is 2.28. The summed E-state index contributed by atoms with van der Waals surface area (Å²) in [6, 6.07) is 0.130. The van der Waals surface area contributed by atoms with Gasteiger partial charge in [0.25, 0.3) is 0 Å². The van der Waals surface area contributed by atoms with Crippen LogP contribution in [0.5, 0.6) is 0 Å². The van der Waals surface area contributed by atoms with Gasteiger partial charge in [-0.2, -0.15) is 0 Å². The third kappa shape index (κ3) is 4.94. The fourth-order valence-electron chi connectivity index (χ4n) is 2.28. The zero-order chi connectivity index (χ0) is 13.5. The average molecular weight is 256 g/mol. The highest BCUT2D eigenvalue weighted by atomic mass is 16.4. The van der Waals surface area contributed by atoms with Crippen LogP contribution in [0.4, 0.5) is 4.79 Å². The maximum atomic E-state index is 12.1. The van der Waals surface area contributed by atoms with Crippen molar-refractivity contribution in [3.8, 4) is 0 Å². The van der Waals surface area contributed by atoms with Crippen LogP contribution in [-0.4, -0.2) is 40.6 Å². The van der Waals surface area contributed by atoms with Crippen LogP contribution >= 0.6 is 0 Å². The van der Waals surface area contributed by atoms with E-state index >= 15 is 0 Å². The van der Waals surface area contributed by atoms with E-state index in [2.05, 4.69) is 12.2 Å². The highest BCUT2D eigenvalue weighted by Crippen LogP contribution is 2.16. The zero-order valence-corrected chi connectivity index (χ0v) is 11.3. The lowest BCUT2D eigenvalue weighted by atomic mass is 10.1. The van der Waals surface area contributed by atoms with Gasteiger partial charge in [0.15, 0.2) is 0 Å². The minimum atomic E-state index is -0.820. The van der Waals surface area contributed by atoms with Gasteiger partial charge in [0, 0.05) is 25.0 Å². The maximum absolute atomic E-state index is 12.1. The van der Waals surface area contributed by atoms with Crippen molar-refractivity contribution in [2.45, 2.75) is 64.5 Å².